The summed E-state index contributed by atoms with van der Waals surface area (Å²) in [6.07, 6.45) is 1.09. The van der Waals surface area contributed by atoms with Gasteiger partial charge in [0.25, 0.3) is 5.91 Å². The first-order valence-electron chi connectivity index (χ1n) is 6.70. The molecule has 0 saturated heterocycles. The van der Waals surface area contributed by atoms with Gasteiger partial charge in [0.15, 0.2) is 11.7 Å². The van der Waals surface area contributed by atoms with Crippen LogP contribution < -0.4 is 20.9 Å². The molecular formula is C14H18ClN3O3S. The van der Waals surface area contributed by atoms with Crippen molar-refractivity contribution in [3.8, 4) is 5.75 Å². The van der Waals surface area contributed by atoms with E-state index >= 15 is 0 Å². The van der Waals surface area contributed by atoms with Gasteiger partial charge in [0, 0.05) is 11.4 Å². The molecule has 0 unspecified atom stereocenters. The number of nitrogens with one attached hydrogen (secondary N) is 3. The highest BCUT2D eigenvalue weighted by Crippen LogP contribution is 2.21. The highest BCUT2D eigenvalue weighted by molar-refractivity contribution is 7.80. The summed E-state index contributed by atoms with van der Waals surface area (Å²) in [4.78, 5) is 22.9. The molecule has 22 heavy (non-hydrogen) atoms. The molecule has 2 amide bonds. The molecule has 120 valence electrons. The van der Waals surface area contributed by atoms with Crippen LogP contribution >= 0.6 is 23.8 Å². The average Bonchev–Trinajstić information content (AvgIpc) is 2.44. The Morgan fingerprint density at radius 2 is 2.00 bits per heavy atom. The Balaban J connectivity index is 2.31. The molecule has 0 spiro atoms. The van der Waals surface area contributed by atoms with Crippen molar-refractivity contribution in [3.63, 3.8) is 0 Å². The number of hydrazine groups is 1. The summed E-state index contributed by atoms with van der Waals surface area (Å²) < 4.78 is 5.36. The summed E-state index contributed by atoms with van der Waals surface area (Å²) in [7, 11) is 0. The number of hydrogen-bond donors (Lipinski definition) is 3. The molecule has 8 heteroatoms. The average molecular weight is 344 g/mol. The standard InChI is InChI=1S/C14H18ClN3O3S/c1-3-4-12(19)16-14(22)18-17-13(20)8-21-11-6-5-10(15)7-9(11)2/h5-7H,3-4,8H2,1-2H3,(H,17,20)(H2,16,18,19,22). The Kier molecular flexibility index (Phi) is 7.62. The van der Waals surface area contributed by atoms with Gasteiger partial charge in [0.05, 0.1) is 0 Å². The summed E-state index contributed by atoms with van der Waals surface area (Å²) in [6.45, 7) is 3.52. The van der Waals surface area contributed by atoms with Crippen LogP contribution in [0.2, 0.25) is 5.02 Å². The number of benzene rings is 1. The molecule has 0 aliphatic carbocycles. The van der Waals surface area contributed by atoms with Gasteiger partial charge in [-0.15, -0.1) is 0 Å². The molecule has 0 heterocycles. The van der Waals surface area contributed by atoms with E-state index in [4.69, 9.17) is 28.6 Å². The molecule has 0 radical (unpaired) electrons. The number of amides is 2. The van der Waals surface area contributed by atoms with Crippen molar-refractivity contribution < 1.29 is 14.3 Å². The van der Waals surface area contributed by atoms with Crippen LogP contribution in [0, 0.1) is 6.92 Å². The van der Waals surface area contributed by atoms with Gasteiger partial charge in [-0.25, -0.2) is 0 Å². The van der Waals surface area contributed by atoms with E-state index in [1.165, 1.54) is 0 Å². The normalized spacial score (nSPS) is 9.77. The smallest absolute Gasteiger partial charge is 0.276 e. The zero-order valence-corrected chi connectivity index (χ0v) is 13.9. The van der Waals surface area contributed by atoms with E-state index in [0.717, 1.165) is 12.0 Å². The molecule has 0 atom stereocenters. The van der Waals surface area contributed by atoms with Crippen molar-refractivity contribution in [1.82, 2.24) is 16.2 Å². The fourth-order valence-corrected chi connectivity index (χ4v) is 1.92. The summed E-state index contributed by atoms with van der Waals surface area (Å²) in [5, 5.41) is 3.07. The van der Waals surface area contributed by atoms with E-state index < -0.39 is 5.91 Å². The topological polar surface area (TPSA) is 79.5 Å². The molecular weight excluding hydrogens is 326 g/mol. The molecule has 6 nitrogen and oxygen atoms in total. The van der Waals surface area contributed by atoms with Crippen LogP contribution in [0.3, 0.4) is 0 Å². The Labute approximate surface area is 139 Å². The zero-order valence-electron chi connectivity index (χ0n) is 12.4. The Bertz CT molecular complexity index is 566. The van der Waals surface area contributed by atoms with Crippen LogP contribution in [0.4, 0.5) is 0 Å². The molecule has 0 fully saturated rings. The maximum Gasteiger partial charge on any atom is 0.276 e. The predicted octanol–water partition coefficient (Wildman–Crippen LogP) is 1.85. The number of rotatable bonds is 5. The first kappa shape index (κ1) is 18.2. The van der Waals surface area contributed by atoms with Crippen molar-refractivity contribution >= 4 is 40.7 Å². The minimum Gasteiger partial charge on any atom is -0.483 e. The van der Waals surface area contributed by atoms with E-state index in [0.29, 0.717) is 17.2 Å². The van der Waals surface area contributed by atoms with E-state index in [1.807, 2.05) is 13.8 Å². The summed E-state index contributed by atoms with van der Waals surface area (Å²) in [6, 6.07) is 5.11. The summed E-state index contributed by atoms with van der Waals surface area (Å²) in [5.41, 5.74) is 5.59. The van der Waals surface area contributed by atoms with Crippen LogP contribution in [0.1, 0.15) is 25.3 Å². The number of aryl methyl sites for hydroxylation is 1. The number of carbonyl (C=O) groups is 2. The van der Waals surface area contributed by atoms with Crippen molar-refractivity contribution in [2.45, 2.75) is 26.7 Å². The molecule has 0 aliphatic rings. The van der Waals surface area contributed by atoms with Crippen LogP contribution in [0.25, 0.3) is 0 Å². The molecule has 1 aromatic rings. The first-order valence-corrected chi connectivity index (χ1v) is 7.48. The maximum absolute atomic E-state index is 11.6. The lowest BCUT2D eigenvalue weighted by Gasteiger charge is -2.12. The first-order chi connectivity index (χ1) is 10.4. The molecule has 0 aliphatic heterocycles. The van der Waals surface area contributed by atoms with Gasteiger partial charge in [-0.05, 0) is 49.3 Å². The second-order valence-electron chi connectivity index (χ2n) is 4.50. The van der Waals surface area contributed by atoms with Crippen LogP contribution in [0.15, 0.2) is 18.2 Å². The summed E-state index contributed by atoms with van der Waals surface area (Å²) >= 11 is 10.7. The second kappa shape index (κ2) is 9.22. The second-order valence-corrected chi connectivity index (χ2v) is 5.34. The molecule has 1 aromatic carbocycles. The molecule has 0 bridgehead atoms. The third kappa shape index (κ3) is 6.73. The quantitative estimate of drug-likeness (QED) is 0.561. The maximum atomic E-state index is 11.6. The zero-order chi connectivity index (χ0) is 16.5. The van der Waals surface area contributed by atoms with E-state index in [2.05, 4.69) is 16.2 Å². The lowest BCUT2D eigenvalue weighted by atomic mass is 10.2. The van der Waals surface area contributed by atoms with E-state index in [1.54, 1.807) is 18.2 Å². The fraction of sp³-hybridized carbons (Fsp3) is 0.357. The number of halogens is 1. The summed E-state index contributed by atoms with van der Waals surface area (Å²) in [5.74, 6) is -0.0675. The third-order valence-electron chi connectivity index (χ3n) is 2.54. The van der Waals surface area contributed by atoms with Crippen molar-refractivity contribution in [2.24, 2.45) is 0 Å². The Morgan fingerprint density at radius 3 is 2.64 bits per heavy atom. The van der Waals surface area contributed by atoms with Gasteiger partial charge in [-0.3, -0.25) is 20.4 Å². The van der Waals surface area contributed by atoms with Gasteiger partial charge in [-0.2, -0.15) is 0 Å². The lowest BCUT2D eigenvalue weighted by Crippen LogP contribution is -2.49. The van der Waals surface area contributed by atoms with Crippen molar-refractivity contribution in [1.29, 1.82) is 0 Å². The number of carbonyl (C=O) groups excluding carboxylic acids is 2. The predicted molar refractivity (Wildman–Crippen MR) is 88.6 cm³/mol. The number of thiocarbonyl (C=S) groups is 1. The number of hydrogen-bond acceptors (Lipinski definition) is 4. The van der Waals surface area contributed by atoms with Crippen LogP contribution in [0.5, 0.6) is 5.75 Å². The Hall–Kier alpha value is -1.86. The van der Waals surface area contributed by atoms with Crippen molar-refractivity contribution in [2.75, 3.05) is 6.61 Å². The van der Waals surface area contributed by atoms with E-state index in [-0.39, 0.29) is 17.6 Å². The molecule has 3 N–H and O–H groups in total. The largest absolute Gasteiger partial charge is 0.483 e. The highest BCUT2D eigenvalue weighted by atomic mass is 35.5. The lowest BCUT2D eigenvalue weighted by molar-refractivity contribution is -0.124. The van der Waals surface area contributed by atoms with E-state index in [9.17, 15) is 9.59 Å². The van der Waals surface area contributed by atoms with Gasteiger partial charge in [0.1, 0.15) is 5.75 Å². The van der Waals surface area contributed by atoms with Gasteiger partial charge < -0.3 is 10.1 Å². The molecule has 0 saturated carbocycles. The molecule has 0 aromatic heterocycles. The van der Waals surface area contributed by atoms with Gasteiger partial charge in [0.2, 0.25) is 5.91 Å². The minimum absolute atomic E-state index is 0.0365. The van der Waals surface area contributed by atoms with Crippen molar-refractivity contribution in [3.05, 3.63) is 28.8 Å². The SMILES string of the molecule is CCCC(=O)NC(=S)NNC(=O)COc1ccc(Cl)cc1C. The highest BCUT2D eigenvalue weighted by Gasteiger charge is 2.07. The minimum atomic E-state index is -0.429. The third-order valence-corrected chi connectivity index (χ3v) is 2.98. The fourth-order valence-electron chi connectivity index (χ4n) is 1.53. The van der Waals surface area contributed by atoms with Crippen LogP contribution in [-0.2, 0) is 9.59 Å². The number of ether oxygens (including phenoxy) is 1. The van der Waals surface area contributed by atoms with Crippen LogP contribution in [-0.4, -0.2) is 23.5 Å². The molecule has 1 rings (SSSR count). The van der Waals surface area contributed by atoms with Gasteiger partial charge >= 0.3 is 0 Å². The monoisotopic (exact) mass is 343 g/mol. The Morgan fingerprint density at radius 1 is 1.27 bits per heavy atom. The van der Waals surface area contributed by atoms with Gasteiger partial charge in [-0.1, -0.05) is 18.5 Å².